The first-order valence-corrected chi connectivity index (χ1v) is 12.5. The number of carboxylic acids is 1. The highest BCUT2D eigenvalue weighted by Crippen LogP contribution is 2.49. The zero-order chi connectivity index (χ0) is 24.7. The van der Waals surface area contributed by atoms with E-state index in [1.165, 1.54) is 0 Å². The van der Waals surface area contributed by atoms with Crippen molar-refractivity contribution in [3.05, 3.63) is 59.7 Å². The van der Waals surface area contributed by atoms with Crippen LogP contribution in [0.15, 0.2) is 48.5 Å². The van der Waals surface area contributed by atoms with Crippen LogP contribution in [0.4, 0.5) is 4.79 Å². The quantitative estimate of drug-likeness (QED) is 0.649. The summed E-state index contributed by atoms with van der Waals surface area (Å²) >= 11 is 0. The van der Waals surface area contributed by atoms with Crippen molar-refractivity contribution in [2.75, 3.05) is 19.7 Å². The highest BCUT2D eigenvalue weighted by atomic mass is 16.5. The van der Waals surface area contributed by atoms with Gasteiger partial charge in [-0.05, 0) is 46.9 Å². The van der Waals surface area contributed by atoms with E-state index in [2.05, 4.69) is 29.6 Å². The van der Waals surface area contributed by atoms with E-state index in [9.17, 15) is 19.5 Å². The lowest BCUT2D eigenvalue weighted by Gasteiger charge is -2.28. The molecule has 5 rings (SSSR count). The molecule has 2 aromatic carbocycles. The molecule has 1 saturated heterocycles. The molecule has 2 amide bonds. The Morgan fingerprint density at radius 1 is 1.09 bits per heavy atom. The molecular formula is C28H32N2O5. The van der Waals surface area contributed by atoms with Crippen LogP contribution in [0.2, 0.25) is 0 Å². The van der Waals surface area contributed by atoms with Crippen LogP contribution in [-0.2, 0) is 14.3 Å². The van der Waals surface area contributed by atoms with Crippen molar-refractivity contribution in [2.45, 2.75) is 45.1 Å². The number of carboxylic acid groups (broad SMARTS) is 1. The highest BCUT2D eigenvalue weighted by molar-refractivity contribution is 5.88. The molecule has 0 unspecified atom stereocenters. The monoisotopic (exact) mass is 476 g/mol. The number of carbonyl (C=O) groups excluding carboxylic acids is 2. The van der Waals surface area contributed by atoms with Gasteiger partial charge in [0.1, 0.15) is 12.6 Å². The maximum Gasteiger partial charge on any atom is 0.407 e. The Labute approximate surface area is 205 Å². The molecule has 3 atom stereocenters. The highest BCUT2D eigenvalue weighted by Gasteiger charge is 2.56. The number of nitrogens with one attached hydrogen (secondary N) is 1. The van der Waals surface area contributed by atoms with Crippen LogP contribution in [0.25, 0.3) is 11.1 Å². The van der Waals surface area contributed by atoms with Gasteiger partial charge in [0.15, 0.2) is 0 Å². The lowest BCUT2D eigenvalue weighted by molar-refractivity contribution is -0.149. The third kappa shape index (κ3) is 3.97. The van der Waals surface area contributed by atoms with Crippen LogP contribution in [0, 0.1) is 17.3 Å². The molecule has 2 aromatic rings. The third-order valence-corrected chi connectivity index (χ3v) is 8.16. The SMILES string of the molecule is CC(C)[C@@H](NC(=O)OCC1c2ccccc2-c2ccccc21)C(=O)N1C[C@@H]2CCC[C@]2(C(=O)O)C1. The van der Waals surface area contributed by atoms with E-state index in [1.54, 1.807) is 4.90 Å². The number of nitrogens with zero attached hydrogens (tertiary/aromatic N) is 1. The zero-order valence-electron chi connectivity index (χ0n) is 20.2. The Morgan fingerprint density at radius 3 is 2.29 bits per heavy atom. The molecule has 0 radical (unpaired) electrons. The molecule has 7 heteroatoms. The van der Waals surface area contributed by atoms with Crippen molar-refractivity contribution in [3.8, 4) is 11.1 Å². The fourth-order valence-corrected chi connectivity index (χ4v) is 6.28. The second-order valence-corrected chi connectivity index (χ2v) is 10.5. The smallest absolute Gasteiger partial charge is 0.407 e. The number of benzene rings is 2. The van der Waals surface area contributed by atoms with Gasteiger partial charge in [-0.15, -0.1) is 0 Å². The Kier molecular flexibility index (Phi) is 6.03. The first-order chi connectivity index (χ1) is 16.8. The summed E-state index contributed by atoms with van der Waals surface area (Å²) in [4.78, 5) is 39.8. The number of rotatable bonds is 6. The van der Waals surface area contributed by atoms with Gasteiger partial charge in [-0.3, -0.25) is 9.59 Å². The van der Waals surface area contributed by atoms with E-state index in [4.69, 9.17) is 4.74 Å². The van der Waals surface area contributed by atoms with Gasteiger partial charge < -0.3 is 20.1 Å². The maximum absolute atomic E-state index is 13.4. The number of hydrogen-bond donors (Lipinski definition) is 2. The summed E-state index contributed by atoms with van der Waals surface area (Å²) in [5, 5.41) is 12.6. The standard InChI is InChI=1S/C28H32N2O5/c1-17(2)24(25(31)30-14-18-8-7-13-28(18,16-30)26(32)33)29-27(34)35-15-23-21-11-5-3-9-19(21)20-10-4-6-12-22(20)23/h3-6,9-12,17-18,23-24H,7-8,13-16H2,1-2H3,(H,29,34)(H,32,33)/t18-,24+,28-/m0/s1. The Bertz CT molecular complexity index is 1120. The molecule has 0 spiro atoms. The number of likely N-dealkylation sites (tertiary alicyclic amines) is 1. The first-order valence-electron chi connectivity index (χ1n) is 12.5. The van der Waals surface area contributed by atoms with Crippen molar-refractivity contribution >= 4 is 18.0 Å². The number of amides is 2. The number of fused-ring (bicyclic) bond motifs is 4. The van der Waals surface area contributed by atoms with Crippen LogP contribution >= 0.6 is 0 Å². The summed E-state index contributed by atoms with van der Waals surface area (Å²) in [6.45, 7) is 4.56. The van der Waals surface area contributed by atoms with E-state index in [0.29, 0.717) is 13.0 Å². The predicted octanol–water partition coefficient (Wildman–Crippen LogP) is 4.26. The minimum absolute atomic E-state index is 0.0220. The first kappa shape index (κ1) is 23.4. The lowest BCUT2D eigenvalue weighted by atomic mass is 9.81. The second-order valence-electron chi connectivity index (χ2n) is 10.5. The van der Waals surface area contributed by atoms with E-state index in [-0.39, 0.29) is 36.8 Å². The molecule has 7 nitrogen and oxygen atoms in total. The molecule has 2 N–H and O–H groups in total. The Morgan fingerprint density at radius 2 is 1.71 bits per heavy atom. The van der Waals surface area contributed by atoms with Gasteiger partial charge in [0.2, 0.25) is 5.91 Å². The topological polar surface area (TPSA) is 95.9 Å². The van der Waals surface area contributed by atoms with Gasteiger partial charge in [0, 0.05) is 19.0 Å². The zero-order valence-corrected chi connectivity index (χ0v) is 20.2. The molecule has 1 saturated carbocycles. The second kappa shape index (κ2) is 9.02. The molecule has 2 aliphatic carbocycles. The molecular weight excluding hydrogens is 444 g/mol. The largest absolute Gasteiger partial charge is 0.481 e. The maximum atomic E-state index is 13.4. The van der Waals surface area contributed by atoms with Gasteiger partial charge >= 0.3 is 12.1 Å². The number of hydrogen-bond acceptors (Lipinski definition) is 4. The predicted molar refractivity (Wildman–Crippen MR) is 131 cm³/mol. The van der Waals surface area contributed by atoms with E-state index in [1.807, 2.05) is 38.1 Å². The van der Waals surface area contributed by atoms with Crippen molar-refractivity contribution in [1.82, 2.24) is 10.2 Å². The van der Waals surface area contributed by atoms with Gasteiger partial charge in [-0.2, -0.15) is 0 Å². The van der Waals surface area contributed by atoms with Crippen molar-refractivity contribution in [2.24, 2.45) is 17.3 Å². The van der Waals surface area contributed by atoms with Crippen LogP contribution in [-0.4, -0.2) is 53.7 Å². The molecule has 35 heavy (non-hydrogen) atoms. The van der Waals surface area contributed by atoms with Crippen LogP contribution < -0.4 is 5.32 Å². The van der Waals surface area contributed by atoms with Crippen molar-refractivity contribution < 1.29 is 24.2 Å². The van der Waals surface area contributed by atoms with Gasteiger partial charge in [-0.25, -0.2) is 4.79 Å². The Hall–Kier alpha value is -3.35. The molecule has 0 aromatic heterocycles. The molecule has 2 fully saturated rings. The summed E-state index contributed by atoms with van der Waals surface area (Å²) in [7, 11) is 0. The van der Waals surface area contributed by atoms with Crippen LogP contribution in [0.1, 0.15) is 50.2 Å². The fraction of sp³-hybridized carbons (Fsp3) is 0.464. The fourth-order valence-electron chi connectivity index (χ4n) is 6.28. The average molecular weight is 477 g/mol. The molecule has 1 heterocycles. The summed E-state index contributed by atoms with van der Waals surface area (Å²) in [6, 6.07) is 15.5. The van der Waals surface area contributed by atoms with E-state index < -0.39 is 23.5 Å². The normalized spacial score (nSPS) is 23.5. The van der Waals surface area contributed by atoms with Gasteiger partial charge in [-0.1, -0.05) is 68.8 Å². The van der Waals surface area contributed by atoms with E-state index >= 15 is 0 Å². The average Bonchev–Trinajstić information content (AvgIpc) is 3.50. The minimum atomic E-state index is -0.846. The van der Waals surface area contributed by atoms with Crippen molar-refractivity contribution in [3.63, 3.8) is 0 Å². The van der Waals surface area contributed by atoms with Crippen LogP contribution in [0.5, 0.6) is 0 Å². The summed E-state index contributed by atoms with van der Waals surface area (Å²) in [5.41, 5.74) is 3.71. The lowest BCUT2D eigenvalue weighted by Crippen LogP contribution is -2.51. The summed E-state index contributed by atoms with van der Waals surface area (Å²) < 4.78 is 5.65. The van der Waals surface area contributed by atoms with Gasteiger partial charge in [0.05, 0.1) is 5.41 Å². The number of aliphatic carboxylic acids is 1. The number of carbonyl (C=O) groups is 3. The number of alkyl carbamates (subject to hydrolysis) is 1. The molecule has 184 valence electrons. The summed E-state index contributed by atoms with van der Waals surface area (Å²) in [6.07, 6.45) is 1.67. The van der Waals surface area contributed by atoms with Crippen molar-refractivity contribution in [1.29, 1.82) is 0 Å². The summed E-state index contributed by atoms with van der Waals surface area (Å²) in [5.74, 6) is -1.30. The number of ether oxygens (including phenoxy) is 1. The van der Waals surface area contributed by atoms with Crippen LogP contribution in [0.3, 0.4) is 0 Å². The van der Waals surface area contributed by atoms with Gasteiger partial charge in [0.25, 0.3) is 0 Å². The third-order valence-electron chi connectivity index (χ3n) is 8.16. The molecule has 3 aliphatic rings. The molecule has 0 bridgehead atoms. The van der Waals surface area contributed by atoms with E-state index in [0.717, 1.165) is 35.1 Å². The molecule has 1 aliphatic heterocycles. The minimum Gasteiger partial charge on any atom is -0.481 e. The Balaban J connectivity index is 1.25.